The predicted molar refractivity (Wildman–Crippen MR) is 126 cm³/mol. The maximum atomic E-state index is 12.0. The third kappa shape index (κ3) is 6.97. The average molecular weight is 429 g/mol. The summed E-state index contributed by atoms with van der Waals surface area (Å²) < 4.78 is 5.40. The number of hydrogen-bond acceptors (Lipinski definition) is 4. The molecule has 170 valence electrons. The quantitative estimate of drug-likeness (QED) is 0.319. The summed E-state index contributed by atoms with van der Waals surface area (Å²) >= 11 is 0. The van der Waals surface area contributed by atoms with Gasteiger partial charge in [-0.15, -0.1) is 0 Å². The lowest BCUT2D eigenvalue weighted by atomic mass is 10.1. The molecule has 1 aliphatic rings. The molecule has 1 aliphatic heterocycles. The fourth-order valence-corrected chi connectivity index (χ4v) is 3.68. The molecule has 1 aromatic heterocycles. The normalized spacial score (nSPS) is 15.3. The predicted octanol–water partition coefficient (Wildman–Crippen LogP) is 1.36. The summed E-state index contributed by atoms with van der Waals surface area (Å²) in [4.78, 5) is 23.8. The molecule has 1 amide bonds. The van der Waals surface area contributed by atoms with Crippen LogP contribution in [-0.2, 0) is 16.0 Å². The molecular formula is C23H36N6O2. The number of ether oxygens (including phenoxy) is 1. The average Bonchev–Trinajstić information content (AvgIpc) is 3.19. The Balaban J connectivity index is 1.50. The Bertz CT molecular complexity index is 870. The molecule has 1 aromatic carbocycles. The third-order valence-electron chi connectivity index (χ3n) is 5.61. The van der Waals surface area contributed by atoms with Gasteiger partial charge >= 0.3 is 0 Å². The molecule has 3 N–H and O–H groups in total. The zero-order chi connectivity index (χ0) is 22.1. The van der Waals surface area contributed by atoms with Gasteiger partial charge in [0.2, 0.25) is 5.91 Å². The monoisotopic (exact) mass is 428 g/mol. The number of amides is 1. The van der Waals surface area contributed by atoms with Crippen LogP contribution in [-0.4, -0.2) is 93.2 Å². The van der Waals surface area contributed by atoms with Crippen LogP contribution in [0.3, 0.4) is 0 Å². The van der Waals surface area contributed by atoms with E-state index >= 15 is 0 Å². The molecule has 0 bridgehead atoms. The summed E-state index contributed by atoms with van der Waals surface area (Å²) in [6, 6.07) is 6.37. The summed E-state index contributed by atoms with van der Waals surface area (Å²) in [6.07, 6.45) is 3.98. The number of fused-ring (bicyclic) bond motifs is 1. The van der Waals surface area contributed by atoms with Crippen LogP contribution in [0.5, 0.6) is 0 Å². The number of rotatable bonds is 9. The third-order valence-corrected chi connectivity index (χ3v) is 5.61. The minimum absolute atomic E-state index is 0.0125. The highest BCUT2D eigenvalue weighted by atomic mass is 16.5. The van der Waals surface area contributed by atoms with E-state index in [1.807, 2.05) is 0 Å². The van der Waals surface area contributed by atoms with Crippen LogP contribution in [0.15, 0.2) is 29.4 Å². The van der Waals surface area contributed by atoms with Crippen LogP contribution in [0, 0.1) is 6.92 Å². The van der Waals surface area contributed by atoms with Crippen molar-refractivity contribution >= 4 is 22.8 Å². The minimum Gasteiger partial charge on any atom is -0.379 e. The van der Waals surface area contributed by atoms with E-state index in [4.69, 9.17) is 4.74 Å². The van der Waals surface area contributed by atoms with Gasteiger partial charge < -0.3 is 25.3 Å². The van der Waals surface area contributed by atoms with E-state index in [0.717, 1.165) is 58.8 Å². The number of benzene rings is 1. The Morgan fingerprint density at radius 3 is 2.77 bits per heavy atom. The van der Waals surface area contributed by atoms with Crippen LogP contribution in [0.4, 0.5) is 0 Å². The molecule has 8 nitrogen and oxygen atoms in total. The molecule has 31 heavy (non-hydrogen) atoms. The number of nitrogens with zero attached hydrogens (tertiary/aromatic N) is 3. The number of likely N-dealkylation sites (N-methyl/N-ethyl adjacent to an activating group) is 1. The molecule has 0 atom stereocenters. The second-order valence-electron chi connectivity index (χ2n) is 8.18. The van der Waals surface area contributed by atoms with E-state index in [1.165, 1.54) is 22.0 Å². The van der Waals surface area contributed by atoms with Crippen molar-refractivity contribution in [3.8, 4) is 0 Å². The molecule has 0 unspecified atom stereocenters. The molecule has 0 radical (unpaired) electrons. The highest BCUT2D eigenvalue weighted by Gasteiger charge is 2.10. The van der Waals surface area contributed by atoms with E-state index in [-0.39, 0.29) is 12.5 Å². The maximum Gasteiger partial charge on any atom is 0.243 e. The first-order valence-corrected chi connectivity index (χ1v) is 11.1. The van der Waals surface area contributed by atoms with Crippen molar-refractivity contribution in [3.05, 3.63) is 35.5 Å². The second-order valence-corrected chi connectivity index (χ2v) is 8.18. The van der Waals surface area contributed by atoms with Gasteiger partial charge in [0.1, 0.15) is 6.54 Å². The molecule has 0 saturated carbocycles. The van der Waals surface area contributed by atoms with Crippen molar-refractivity contribution in [2.75, 3.05) is 66.6 Å². The molecule has 0 spiro atoms. The van der Waals surface area contributed by atoms with Gasteiger partial charge in [0, 0.05) is 57.4 Å². The Labute approximate surface area is 185 Å². The van der Waals surface area contributed by atoms with Crippen LogP contribution in [0.25, 0.3) is 10.9 Å². The highest BCUT2D eigenvalue weighted by Crippen LogP contribution is 2.21. The first kappa shape index (κ1) is 23.1. The number of H-pyrrole nitrogens is 1. The molecule has 0 aliphatic carbocycles. The topological polar surface area (TPSA) is 85.0 Å². The number of aromatic nitrogens is 1. The number of carbonyl (C=O) groups is 1. The van der Waals surface area contributed by atoms with Crippen LogP contribution in [0.2, 0.25) is 0 Å². The summed E-state index contributed by atoms with van der Waals surface area (Å²) in [7, 11) is 3.50. The highest BCUT2D eigenvalue weighted by molar-refractivity contribution is 5.86. The lowest BCUT2D eigenvalue weighted by Gasteiger charge is -2.26. The van der Waals surface area contributed by atoms with Crippen molar-refractivity contribution in [1.29, 1.82) is 0 Å². The standard InChI is InChI=1S/C23H36N6O2/c1-18-6-4-7-20-19(16-26-22(18)20)8-10-25-23(27-17-21(30)28(2)3)24-9-5-11-29-12-14-31-15-13-29/h4,6-7,16,26H,5,8-15,17H2,1-3H3,(H2,24,25,27). The number of hydrogen-bond donors (Lipinski definition) is 3. The van der Waals surface area contributed by atoms with Gasteiger partial charge in [0.05, 0.1) is 13.2 Å². The SMILES string of the molecule is Cc1cccc2c(CCNC(=NCC(=O)N(C)C)NCCCN3CCOCC3)c[nH]c12. The van der Waals surface area contributed by atoms with Crippen molar-refractivity contribution < 1.29 is 9.53 Å². The van der Waals surface area contributed by atoms with Crippen LogP contribution in [0.1, 0.15) is 17.5 Å². The first-order chi connectivity index (χ1) is 15.0. The fraction of sp³-hybridized carbons (Fsp3) is 0.565. The van der Waals surface area contributed by atoms with E-state index in [2.05, 4.69) is 56.8 Å². The van der Waals surface area contributed by atoms with E-state index in [1.54, 1.807) is 19.0 Å². The van der Waals surface area contributed by atoms with Crippen LogP contribution >= 0.6 is 0 Å². The lowest BCUT2D eigenvalue weighted by molar-refractivity contribution is -0.127. The molecular weight excluding hydrogens is 392 g/mol. The van der Waals surface area contributed by atoms with Crippen molar-refractivity contribution in [2.24, 2.45) is 4.99 Å². The van der Waals surface area contributed by atoms with Crippen molar-refractivity contribution in [1.82, 2.24) is 25.4 Å². The van der Waals surface area contributed by atoms with Gasteiger partial charge in [-0.3, -0.25) is 9.69 Å². The van der Waals surface area contributed by atoms with Gasteiger partial charge in [0.15, 0.2) is 5.96 Å². The van der Waals surface area contributed by atoms with Gasteiger partial charge in [0.25, 0.3) is 0 Å². The number of nitrogens with one attached hydrogen (secondary N) is 3. The number of aryl methyl sites for hydroxylation is 1. The maximum absolute atomic E-state index is 12.0. The van der Waals surface area contributed by atoms with E-state index in [9.17, 15) is 4.79 Å². The first-order valence-electron chi connectivity index (χ1n) is 11.1. The van der Waals surface area contributed by atoms with Crippen molar-refractivity contribution in [2.45, 2.75) is 19.8 Å². The van der Waals surface area contributed by atoms with Gasteiger partial charge in [-0.2, -0.15) is 0 Å². The van der Waals surface area contributed by atoms with Crippen molar-refractivity contribution in [3.63, 3.8) is 0 Å². The lowest BCUT2D eigenvalue weighted by Crippen LogP contribution is -2.41. The number of aromatic amines is 1. The Morgan fingerprint density at radius 2 is 2.00 bits per heavy atom. The molecule has 2 heterocycles. The van der Waals surface area contributed by atoms with Gasteiger partial charge in [-0.25, -0.2) is 4.99 Å². The summed E-state index contributed by atoms with van der Waals surface area (Å²) in [5.74, 6) is 0.676. The number of guanidine groups is 1. The Hall–Kier alpha value is -2.58. The molecule has 1 saturated heterocycles. The number of aliphatic imine (C=N–C) groups is 1. The smallest absolute Gasteiger partial charge is 0.243 e. The Morgan fingerprint density at radius 1 is 1.23 bits per heavy atom. The van der Waals surface area contributed by atoms with E-state index in [0.29, 0.717) is 5.96 Å². The number of morpholine rings is 1. The Kier molecular flexibility index (Phi) is 8.73. The zero-order valence-electron chi connectivity index (χ0n) is 19.0. The van der Waals surface area contributed by atoms with Gasteiger partial charge in [-0.05, 0) is 37.4 Å². The summed E-state index contributed by atoms with van der Waals surface area (Å²) in [5.41, 5.74) is 3.73. The molecule has 2 aromatic rings. The fourth-order valence-electron chi connectivity index (χ4n) is 3.68. The summed E-state index contributed by atoms with van der Waals surface area (Å²) in [6.45, 7) is 8.49. The van der Waals surface area contributed by atoms with Gasteiger partial charge in [-0.1, -0.05) is 18.2 Å². The molecule has 3 rings (SSSR count). The zero-order valence-corrected chi connectivity index (χ0v) is 19.0. The van der Waals surface area contributed by atoms with E-state index < -0.39 is 0 Å². The largest absolute Gasteiger partial charge is 0.379 e. The minimum atomic E-state index is -0.0125. The molecule has 8 heteroatoms. The number of carbonyl (C=O) groups excluding carboxylic acids is 1. The summed E-state index contributed by atoms with van der Waals surface area (Å²) in [5, 5.41) is 8.04. The second kappa shape index (κ2) is 11.7. The number of para-hydroxylation sites is 1. The molecule has 1 fully saturated rings. The van der Waals surface area contributed by atoms with Crippen LogP contribution < -0.4 is 10.6 Å².